The van der Waals surface area contributed by atoms with Gasteiger partial charge < -0.3 is 20.3 Å². The molecule has 0 aromatic heterocycles. The van der Waals surface area contributed by atoms with Gasteiger partial charge in [-0.3, -0.25) is 9.59 Å². The first-order valence-corrected chi connectivity index (χ1v) is 13.2. The molecular formula is C27H37N3O4S. The number of anilines is 1. The van der Waals surface area contributed by atoms with Crippen LogP contribution in [-0.4, -0.2) is 53.0 Å². The first kappa shape index (κ1) is 28.2. The molecule has 0 heterocycles. The highest BCUT2D eigenvalue weighted by molar-refractivity contribution is 7.98. The second-order valence-electron chi connectivity index (χ2n) is 9.22. The van der Waals surface area contributed by atoms with Gasteiger partial charge in [0.25, 0.3) is 5.91 Å². The van der Waals surface area contributed by atoms with Crippen molar-refractivity contribution in [3.63, 3.8) is 0 Å². The highest BCUT2D eigenvalue weighted by Crippen LogP contribution is 2.25. The molecule has 3 amide bonds. The van der Waals surface area contributed by atoms with Gasteiger partial charge in [0, 0.05) is 12.2 Å². The number of likely N-dealkylation sites (N-methyl/N-ethyl adjacent to an activating group) is 1. The van der Waals surface area contributed by atoms with Crippen molar-refractivity contribution in [3.8, 4) is 0 Å². The highest BCUT2D eigenvalue weighted by Gasteiger charge is 2.35. The second kappa shape index (κ2) is 13.2. The first-order chi connectivity index (χ1) is 16.6. The van der Waals surface area contributed by atoms with E-state index in [4.69, 9.17) is 4.74 Å². The van der Waals surface area contributed by atoms with Gasteiger partial charge in [-0.1, -0.05) is 48.5 Å². The average molecular weight is 500 g/mol. The van der Waals surface area contributed by atoms with Crippen LogP contribution in [0, 0.1) is 6.92 Å². The lowest BCUT2D eigenvalue weighted by Crippen LogP contribution is -2.52. The predicted molar refractivity (Wildman–Crippen MR) is 143 cm³/mol. The fourth-order valence-electron chi connectivity index (χ4n) is 3.63. The molecule has 0 saturated heterocycles. The Bertz CT molecular complexity index is 991. The molecule has 2 aromatic rings. The maximum Gasteiger partial charge on any atom is 0.408 e. The van der Waals surface area contributed by atoms with Gasteiger partial charge in [-0.05, 0) is 70.2 Å². The zero-order valence-electron chi connectivity index (χ0n) is 21.5. The number of hydrogen-bond donors (Lipinski definition) is 2. The predicted octanol–water partition coefficient (Wildman–Crippen LogP) is 5.17. The van der Waals surface area contributed by atoms with Crippen molar-refractivity contribution in [1.82, 2.24) is 10.2 Å². The summed E-state index contributed by atoms with van der Waals surface area (Å²) in [7, 11) is 0. The van der Waals surface area contributed by atoms with Crippen LogP contribution in [0.2, 0.25) is 0 Å². The van der Waals surface area contributed by atoms with Crippen LogP contribution in [0.1, 0.15) is 51.3 Å². The number of benzene rings is 2. The number of carbonyl (C=O) groups excluding carboxylic acids is 3. The van der Waals surface area contributed by atoms with Crippen LogP contribution in [-0.2, 0) is 14.3 Å². The van der Waals surface area contributed by atoms with E-state index in [0.29, 0.717) is 23.4 Å². The third-order valence-electron chi connectivity index (χ3n) is 5.30. The summed E-state index contributed by atoms with van der Waals surface area (Å²) in [5.74, 6) is 0.0117. The van der Waals surface area contributed by atoms with E-state index in [1.807, 2.05) is 74.7 Å². The van der Waals surface area contributed by atoms with Gasteiger partial charge in [0.15, 0.2) is 0 Å². The molecule has 2 rings (SSSR count). The number of ether oxygens (including phenoxy) is 1. The Kier molecular flexibility index (Phi) is 10.6. The molecule has 0 fully saturated rings. The number of nitrogens with one attached hydrogen (secondary N) is 2. The smallest absolute Gasteiger partial charge is 0.408 e. The minimum Gasteiger partial charge on any atom is -0.444 e. The standard InChI is InChI=1S/C27H37N3O4S/c1-7-30(25(32)22(17-18-35-6)29-26(33)34-27(3,4)5)23(20-14-9-8-10-15-20)24(31)28-21-16-12-11-13-19(21)2/h8-16,22-23H,7,17-18H2,1-6H3,(H,28,31)(H,29,33). The van der Waals surface area contributed by atoms with E-state index in [1.54, 1.807) is 32.5 Å². The van der Waals surface area contributed by atoms with Crippen LogP contribution >= 0.6 is 11.8 Å². The summed E-state index contributed by atoms with van der Waals surface area (Å²) in [6.07, 6.45) is 1.69. The molecule has 7 nitrogen and oxygen atoms in total. The Labute approximate surface area is 213 Å². The summed E-state index contributed by atoms with van der Waals surface area (Å²) in [5, 5.41) is 5.71. The van der Waals surface area contributed by atoms with Gasteiger partial charge in [-0.2, -0.15) is 11.8 Å². The Morgan fingerprint density at radius 1 is 1.03 bits per heavy atom. The molecule has 0 spiro atoms. The van der Waals surface area contributed by atoms with E-state index in [1.165, 1.54) is 4.90 Å². The summed E-state index contributed by atoms with van der Waals surface area (Å²) >= 11 is 1.58. The number of hydrogen-bond acceptors (Lipinski definition) is 5. The number of aryl methyl sites for hydroxylation is 1. The van der Waals surface area contributed by atoms with Crippen LogP contribution in [0.15, 0.2) is 54.6 Å². The number of nitrogens with zero attached hydrogens (tertiary/aromatic N) is 1. The lowest BCUT2D eigenvalue weighted by atomic mass is 10.0. The maximum absolute atomic E-state index is 13.8. The lowest BCUT2D eigenvalue weighted by molar-refractivity contribution is -0.140. The molecule has 8 heteroatoms. The largest absolute Gasteiger partial charge is 0.444 e. The summed E-state index contributed by atoms with van der Waals surface area (Å²) in [4.78, 5) is 41.4. The van der Waals surface area contributed by atoms with Crippen LogP contribution in [0.5, 0.6) is 0 Å². The maximum atomic E-state index is 13.8. The summed E-state index contributed by atoms with van der Waals surface area (Å²) in [6.45, 7) is 9.33. The van der Waals surface area contributed by atoms with Crippen molar-refractivity contribution < 1.29 is 19.1 Å². The van der Waals surface area contributed by atoms with Crippen molar-refractivity contribution in [3.05, 3.63) is 65.7 Å². The Morgan fingerprint density at radius 3 is 2.23 bits per heavy atom. The van der Waals surface area contributed by atoms with Crippen LogP contribution in [0.3, 0.4) is 0 Å². The van der Waals surface area contributed by atoms with Gasteiger partial charge in [0.1, 0.15) is 17.7 Å². The van der Waals surface area contributed by atoms with Crippen LogP contribution < -0.4 is 10.6 Å². The normalized spacial score (nSPS) is 12.9. The molecule has 0 aliphatic rings. The molecule has 2 atom stereocenters. The number of amides is 3. The van der Waals surface area contributed by atoms with Gasteiger partial charge in [-0.15, -0.1) is 0 Å². The van der Waals surface area contributed by atoms with E-state index in [9.17, 15) is 14.4 Å². The summed E-state index contributed by atoms with van der Waals surface area (Å²) in [6, 6.07) is 15.0. The van der Waals surface area contributed by atoms with Crippen molar-refractivity contribution >= 4 is 35.4 Å². The first-order valence-electron chi connectivity index (χ1n) is 11.8. The molecule has 0 radical (unpaired) electrons. The fourth-order valence-corrected chi connectivity index (χ4v) is 4.10. The Morgan fingerprint density at radius 2 is 1.66 bits per heavy atom. The van der Waals surface area contributed by atoms with Crippen molar-refractivity contribution in [2.24, 2.45) is 0 Å². The third-order valence-corrected chi connectivity index (χ3v) is 5.95. The molecule has 35 heavy (non-hydrogen) atoms. The van der Waals surface area contributed by atoms with E-state index in [-0.39, 0.29) is 18.4 Å². The molecule has 2 N–H and O–H groups in total. The Balaban J connectivity index is 2.39. The lowest BCUT2D eigenvalue weighted by Gasteiger charge is -2.33. The molecule has 190 valence electrons. The van der Waals surface area contributed by atoms with Crippen LogP contribution in [0.4, 0.5) is 10.5 Å². The SMILES string of the molecule is CCN(C(=O)C(CCSC)NC(=O)OC(C)(C)C)C(C(=O)Nc1ccccc1C)c1ccccc1. The monoisotopic (exact) mass is 499 g/mol. The minimum absolute atomic E-state index is 0.283. The van der Waals surface area contributed by atoms with Gasteiger partial charge in [0.05, 0.1) is 0 Å². The molecule has 2 aromatic carbocycles. The van der Waals surface area contributed by atoms with Gasteiger partial charge in [0.2, 0.25) is 5.91 Å². The number of para-hydroxylation sites is 1. The number of alkyl carbamates (subject to hydrolysis) is 1. The molecular weight excluding hydrogens is 462 g/mol. The quantitative estimate of drug-likeness (QED) is 0.471. The van der Waals surface area contributed by atoms with Crippen LogP contribution in [0.25, 0.3) is 0 Å². The Hall–Kier alpha value is -3.00. The second-order valence-corrected chi connectivity index (χ2v) is 10.2. The third kappa shape index (κ3) is 8.62. The summed E-state index contributed by atoms with van der Waals surface area (Å²) in [5.41, 5.74) is 1.61. The zero-order chi connectivity index (χ0) is 26.0. The minimum atomic E-state index is -0.870. The molecule has 0 aliphatic carbocycles. The zero-order valence-corrected chi connectivity index (χ0v) is 22.3. The number of thioether (sulfide) groups is 1. The van der Waals surface area contributed by atoms with Crippen molar-refractivity contribution in [2.45, 2.75) is 58.7 Å². The highest BCUT2D eigenvalue weighted by atomic mass is 32.2. The molecule has 0 bridgehead atoms. The van der Waals surface area contributed by atoms with Crippen molar-refractivity contribution in [1.29, 1.82) is 0 Å². The topological polar surface area (TPSA) is 87.7 Å². The van der Waals surface area contributed by atoms with Gasteiger partial charge in [-0.25, -0.2) is 4.79 Å². The fraction of sp³-hybridized carbons (Fsp3) is 0.444. The van der Waals surface area contributed by atoms with E-state index >= 15 is 0 Å². The van der Waals surface area contributed by atoms with Crippen molar-refractivity contribution in [2.75, 3.05) is 23.9 Å². The average Bonchev–Trinajstić information content (AvgIpc) is 2.80. The summed E-state index contributed by atoms with van der Waals surface area (Å²) < 4.78 is 5.39. The van der Waals surface area contributed by atoms with E-state index in [2.05, 4.69) is 10.6 Å². The van der Waals surface area contributed by atoms with E-state index in [0.717, 1.165) is 5.56 Å². The molecule has 0 aliphatic heterocycles. The molecule has 2 unspecified atom stereocenters. The number of carbonyl (C=O) groups is 3. The van der Waals surface area contributed by atoms with Gasteiger partial charge >= 0.3 is 6.09 Å². The molecule has 0 saturated carbocycles. The van der Waals surface area contributed by atoms with E-state index < -0.39 is 23.8 Å². The number of rotatable bonds is 10.